The molecule has 2 N–H and O–H groups in total. The fraction of sp³-hybridized carbons (Fsp3) is 0.786. The van der Waals surface area contributed by atoms with Gasteiger partial charge in [-0.15, -0.1) is 0 Å². The molecule has 0 aliphatic heterocycles. The number of nitrogens with zero attached hydrogens (tertiary/aromatic N) is 3. The zero-order valence-electron chi connectivity index (χ0n) is 11.3. The minimum absolute atomic E-state index is 0.0557. The van der Waals surface area contributed by atoms with Gasteiger partial charge in [0, 0.05) is 19.0 Å². The van der Waals surface area contributed by atoms with Gasteiger partial charge in [0.2, 0.25) is 5.91 Å². The molecule has 0 aromatic heterocycles. The van der Waals surface area contributed by atoms with Crippen LogP contribution in [0, 0.1) is 34.5 Å². The van der Waals surface area contributed by atoms with Crippen molar-refractivity contribution in [3.05, 3.63) is 0 Å². The highest BCUT2D eigenvalue weighted by Crippen LogP contribution is 2.29. The number of carbonyl (C=O) groups is 1. The Balaban J connectivity index is 2.51. The molecular weight excluding hydrogens is 240 g/mol. The first kappa shape index (κ1) is 15.5. The lowest BCUT2D eigenvalue weighted by atomic mass is 9.81. The molecule has 1 saturated carbocycles. The number of hydrogen-bond acceptors (Lipinski definition) is 4. The van der Waals surface area contributed by atoms with E-state index in [1.807, 2.05) is 0 Å². The van der Waals surface area contributed by atoms with Gasteiger partial charge in [0.25, 0.3) is 0 Å². The molecule has 0 saturated heterocycles. The Labute approximate surface area is 115 Å². The first-order chi connectivity index (χ1) is 9.22. The summed E-state index contributed by atoms with van der Waals surface area (Å²) in [7, 11) is 0. The third-order valence-corrected chi connectivity index (χ3v) is 3.83. The molecule has 1 amide bonds. The van der Waals surface area contributed by atoms with E-state index in [1.54, 1.807) is 4.90 Å². The molecule has 0 heterocycles. The Morgan fingerprint density at radius 2 is 1.63 bits per heavy atom. The van der Waals surface area contributed by atoms with Gasteiger partial charge < -0.3 is 10.6 Å². The molecule has 104 valence electrons. The number of amides is 1. The largest absolute Gasteiger partial charge is 0.340 e. The quantitative estimate of drug-likeness (QED) is 0.783. The summed E-state index contributed by atoms with van der Waals surface area (Å²) >= 11 is 0. The van der Waals surface area contributed by atoms with E-state index in [0.29, 0.717) is 38.4 Å². The zero-order chi connectivity index (χ0) is 14.1. The summed E-state index contributed by atoms with van der Waals surface area (Å²) in [5, 5.41) is 17.3. The van der Waals surface area contributed by atoms with Crippen LogP contribution in [0.1, 0.15) is 38.5 Å². The Morgan fingerprint density at radius 1 is 1.11 bits per heavy atom. The molecule has 19 heavy (non-hydrogen) atoms. The number of nitrogens with two attached hydrogens (primary N) is 1. The second kappa shape index (κ2) is 8.50. The molecular formula is C14H22N4O. The van der Waals surface area contributed by atoms with Crippen molar-refractivity contribution >= 4 is 5.91 Å². The average Bonchev–Trinajstić information content (AvgIpc) is 2.47. The molecule has 0 atom stereocenters. The Bertz CT molecular complexity index is 343. The van der Waals surface area contributed by atoms with Crippen LogP contribution in [0.4, 0.5) is 0 Å². The molecule has 0 aromatic carbocycles. The van der Waals surface area contributed by atoms with E-state index < -0.39 is 0 Å². The van der Waals surface area contributed by atoms with Gasteiger partial charge >= 0.3 is 0 Å². The lowest BCUT2D eigenvalue weighted by Crippen LogP contribution is -2.39. The van der Waals surface area contributed by atoms with Crippen LogP contribution < -0.4 is 5.73 Å². The summed E-state index contributed by atoms with van der Waals surface area (Å²) in [5.41, 5.74) is 5.65. The highest BCUT2D eigenvalue weighted by Gasteiger charge is 2.28. The zero-order valence-corrected chi connectivity index (χ0v) is 11.3. The van der Waals surface area contributed by atoms with Crippen LogP contribution in [0.25, 0.3) is 0 Å². The van der Waals surface area contributed by atoms with E-state index in [-0.39, 0.29) is 11.8 Å². The minimum atomic E-state index is 0.0557. The SMILES string of the molecule is N#CCCN(CCC#N)C(=O)C1CCC(CN)CC1. The van der Waals surface area contributed by atoms with Gasteiger partial charge in [0.05, 0.1) is 25.0 Å². The van der Waals surface area contributed by atoms with Crippen molar-refractivity contribution in [2.75, 3.05) is 19.6 Å². The second-order valence-electron chi connectivity index (χ2n) is 5.09. The molecule has 0 aromatic rings. The van der Waals surface area contributed by atoms with Crippen LogP contribution in [0.5, 0.6) is 0 Å². The predicted molar refractivity (Wildman–Crippen MR) is 71.5 cm³/mol. The highest BCUT2D eigenvalue weighted by atomic mass is 16.2. The molecule has 0 bridgehead atoms. The maximum atomic E-state index is 12.4. The van der Waals surface area contributed by atoms with Gasteiger partial charge in [-0.05, 0) is 38.1 Å². The Morgan fingerprint density at radius 3 is 2.05 bits per heavy atom. The van der Waals surface area contributed by atoms with Gasteiger partial charge in [-0.1, -0.05) is 0 Å². The number of nitriles is 2. The van der Waals surface area contributed by atoms with E-state index in [9.17, 15) is 4.79 Å². The molecule has 1 fully saturated rings. The van der Waals surface area contributed by atoms with Crippen molar-refractivity contribution in [1.82, 2.24) is 4.90 Å². The number of rotatable bonds is 6. The van der Waals surface area contributed by atoms with E-state index in [0.717, 1.165) is 25.7 Å². The summed E-state index contributed by atoms with van der Waals surface area (Å²) in [4.78, 5) is 14.1. The topological polar surface area (TPSA) is 93.9 Å². The smallest absolute Gasteiger partial charge is 0.225 e. The van der Waals surface area contributed by atoms with Crippen LogP contribution in [0.3, 0.4) is 0 Å². The van der Waals surface area contributed by atoms with Crippen LogP contribution in [-0.4, -0.2) is 30.4 Å². The molecule has 1 aliphatic rings. The van der Waals surface area contributed by atoms with Gasteiger partial charge in [0.15, 0.2) is 0 Å². The summed E-state index contributed by atoms with van der Waals surface area (Å²) in [5.74, 6) is 0.719. The van der Waals surface area contributed by atoms with Gasteiger partial charge in [-0.3, -0.25) is 4.79 Å². The third kappa shape index (κ3) is 4.89. The lowest BCUT2D eigenvalue weighted by molar-refractivity contribution is -0.136. The van der Waals surface area contributed by atoms with Crippen molar-refractivity contribution in [2.45, 2.75) is 38.5 Å². The third-order valence-electron chi connectivity index (χ3n) is 3.83. The lowest BCUT2D eigenvalue weighted by Gasteiger charge is -2.31. The van der Waals surface area contributed by atoms with Gasteiger partial charge in [-0.25, -0.2) is 0 Å². The van der Waals surface area contributed by atoms with E-state index in [2.05, 4.69) is 12.1 Å². The first-order valence-electron chi connectivity index (χ1n) is 6.95. The highest BCUT2D eigenvalue weighted by molar-refractivity contribution is 5.79. The van der Waals surface area contributed by atoms with Crippen molar-refractivity contribution in [3.63, 3.8) is 0 Å². The normalized spacial score (nSPS) is 22.3. The maximum absolute atomic E-state index is 12.4. The van der Waals surface area contributed by atoms with Crippen LogP contribution in [-0.2, 0) is 4.79 Å². The fourth-order valence-corrected chi connectivity index (χ4v) is 2.61. The van der Waals surface area contributed by atoms with E-state index in [4.69, 9.17) is 16.3 Å². The second-order valence-corrected chi connectivity index (χ2v) is 5.09. The molecule has 1 rings (SSSR count). The molecule has 0 unspecified atom stereocenters. The monoisotopic (exact) mass is 262 g/mol. The Kier molecular flexibility index (Phi) is 6.92. The maximum Gasteiger partial charge on any atom is 0.225 e. The number of hydrogen-bond donors (Lipinski definition) is 1. The van der Waals surface area contributed by atoms with Gasteiger partial charge in [-0.2, -0.15) is 10.5 Å². The molecule has 5 heteroatoms. The average molecular weight is 262 g/mol. The minimum Gasteiger partial charge on any atom is -0.340 e. The van der Waals surface area contributed by atoms with E-state index >= 15 is 0 Å². The summed E-state index contributed by atoms with van der Waals surface area (Å²) in [6.45, 7) is 1.58. The van der Waals surface area contributed by atoms with E-state index in [1.165, 1.54) is 0 Å². The predicted octanol–water partition coefficient (Wildman–Crippen LogP) is 1.41. The van der Waals surface area contributed by atoms with Crippen molar-refractivity contribution < 1.29 is 4.79 Å². The molecule has 0 spiro atoms. The molecule has 5 nitrogen and oxygen atoms in total. The van der Waals surface area contributed by atoms with Crippen molar-refractivity contribution in [1.29, 1.82) is 10.5 Å². The Hall–Kier alpha value is -1.59. The van der Waals surface area contributed by atoms with Crippen molar-refractivity contribution in [2.24, 2.45) is 17.6 Å². The standard InChI is InChI=1S/C14H22N4O/c15-7-1-9-18(10-2-8-16)14(19)13-5-3-12(11-17)4-6-13/h12-13H,1-6,9-11,17H2. The molecule has 1 aliphatic carbocycles. The van der Waals surface area contributed by atoms with Gasteiger partial charge in [0.1, 0.15) is 0 Å². The molecule has 0 radical (unpaired) electrons. The summed E-state index contributed by atoms with van der Waals surface area (Å²) in [6, 6.07) is 4.11. The van der Waals surface area contributed by atoms with Crippen LogP contribution in [0.2, 0.25) is 0 Å². The summed E-state index contributed by atoms with van der Waals surface area (Å²) < 4.78 is 0. The van der Waals surface area contributed by atoms with Crippen molar-refractivity contribution in [3.8, 4) is 12.1 Å². The first-order valence-corrected chi connectivity index (χ1v) is 6.95. The number of carbonyl (C=O) groups excluding carboxylic acids is 1. The fourth-order valence-electron chi connectivity index (χ4n) is 2.61. The summed E-state index contributed by atoms with van der Waals surface area (Å²) in [6.07, 6.45) is 4.45. The van der Waals surface area contributed by atoms with Crippen LogP contribution in [0.15, 0.2) is 0 Å². The van der Waals surface area contributed by atoms with Crippen LogP contribution >= 0.6 is 0 Å².